The smallest absolute Gasteiger partial charge is 0.320 e. The van der Waals surface area contributed by atoms with E-state index in [1.807, 2.05) is 27.7 Å². The van der Waals surface area contributed by atoms with E-state index in [2.05, 4.69) is 0 Å². The molecule has 0 saturated heterocycles. The largest absolute Gasteiger partial charge is 0.462 e. The van der Waals surface area contributed by atoms with E-state index in [0.717, 1.165) is 12.8 Å². The summed E-state index contributed by atoms with van der Waals surface area (Å²) in [6.45, 7) is 9.25. The van der Waals surface area contributed by atoms with Crippen molar-refractivity contribution in [2.24, 2.45) is 5.92 Å². The monoisotopic (exact) mass is 244 g/mol. The number of hydrogen-bond donors (Lipinski definition) is 0. The fourth-order valence-electron chi connectivity index (χ4n) is 1.16. The van der Waals surface area contributed by atoms with Gasteiger partial charge >= 0.3 is 11.9 Å². The Kier molecular flexibility index (Phi) is 7.59. The van der Waals surface area contributed by atoms with Crippen molar-refractivity contribution in [2.45, 2.75) is 66.1 Å². The van der Waals surface area contributed by atoms with Gasteiger partial charge in [-0.05, 0) is 33.1 Å². The molecule has 0 bridgehead atoms. The summed E-state index contributed by atoms with van der Waals surface area (Å²) in [7, 11) is 0. The van der Waals surface area contributed by atoms with Crippen molar-refractivity contribution in [1.29, 1.82) is 0 Å². The summed E-state index contributed by atoms with van der Waals surface area (Å²) < 4.78 is 10.3. The highest BCUT2D eigenvalue weighted by Crippen LogP contribution is 2.12. The normalized spacial score (nSPS) is 15.8. The highest BCUT2D eigenvalue weighted by atomic mass is 16.6. The van der Waals surface area contributed by atoms with Crippen molar-refractivity contribution in [3.63, 3.8) is 0 Å². The van der Waals surface area contributed by atoms with Crippen LogP contribution in [0.5, 0.6) is 0 Å². The molecule has 0 aromatic rings. The van der Waals surface area contributed by atoms with Crippen molar-refractivity contribution in [3.8, 4) is 0 Å². The zero-order valence-electron chi connectivity index (χ0n) is 11.5. The van der Waals surface area contributed by atoms with Gasteiger partial charge in [-0.3, -0.25) is 9.59 Å². The minimum absolute atomic E-state index is 0.159. The highest BCUT2D eigenvalue weighted by molar-refractivity contribution is 5.94. The van der Waals surface area contributed by atoms with Crippen LogP contribution >= 0.6 is 0 Å². The van der Waals surface area contributed by atoms with Gasteiger partial charge in [-0.15, -0.1) is 0 Å². The van der Waals surface area contributed by atoms with Gasteiger partial charge in [0, 0.05) is 0 Å². The van der Waals surface area contributed by atoms with E-state index in [1.165, 1.54) is 0 Å². The molecule has 0 saturated carbocycles. The van der Waals surface area contributed by atoms with Gasteiger partial charge in [0.1, 0.15) is 0 Å². The third-order valence-corrected chi connectivity index (χ3v) is 2.76. The van der Waals surface area contributed by atoms with Gasteiger partial charge in [-0.1, -0.05) is 20.8 Å². The van der Waals surface area contributed by atoms with Crippen LogP contribution in [0.1, 0.15) is 53.9 Å². The summed E-state index contributed by atoms with van der Waals surface area (Å²) in [6, 6.07) is 0. The Labute approximate surface area is 104 Å². The predicted octanol–water partition coefficient (Wildman–Crippen LogP) is 2.70. The standard InChI is InChI=1S/C13H24O4/c1-6-9(4)16-12(14)11(8-3)13(15)17-10(5)7-2/h9-11H,6-8H2,1-5H3. The van der Waals surface area contributed by atoms with Crippen molar-refractivity contribution >= 4 is 11.9 Å². The molecule has 4 heteroatoms. The summed E-state index contributed by atoms with van der Waals surface area (Å²) in [4.78, 5) is 23.5. The van der Waals surface area contributed by atoms with Gasteiger partial charge in [0.25, 0.3) is 0 Å². The zero-order valence-corrected chi connectivity index (χ0v) is 11.5. The molecule has 17 heavy (non-hydrogen) atoms. The van der Waals surface area contributed by atoms with Crippen LogP contribution in [0.3, 0.4) is 0 Å². The van der Waals surface area contributed by atoms with E-state index < -0.39 is 17.9 Å². The third kappa shape index (κ3) is 5.71. The average molecular weight is 244 g/mol. The first kappa shape index (κ1) is 15.9. The van der Waals surface area contributed by atoms with Crippen LogP contribution < -0.4 is 0 Å². The molecule has 0 heterocycles. The lowest BCUT2D eigenvalue weighted by molar-refractivity contribution is -0.167. The fraction of sp³-hybridized carbons (Fsp3) is 0.846. The molecule has 0 fully saturated rings. The van der Waals surface area contributed by atoms with Crippen LogP contribution in [0.25, 0.3) is 0 Å². The maximum absolute atomic E-state index is 11.7. The van der Waals surface area contributed by atoms with Crippen molar-refractivity contribution in [1.82, 2.24) is 0 Å². The second-order valence-electron chi connectivity index (χ2n) is 4.27. The van der Waals surface area contributed by atoms with Gasteiger partial charge in [0.05, 0.1) is 12.2 Å². The Balaban J connectivity index is 4.39. The van der Waals surface area contributed by atoms with Crippen LogP contribution in [-0.4, -0.2) is 24.1 Å². The minimum atomic E-state index is -0.794. The molecule has 0 aromatic heterocycles. The fourth-order valence-corrected chi connectivity index (χ4v) is 1.16. The molecule has 4 nitrogen and oxygen atoms in total. The number of hydrogen-bond acceptors (Lipinski definition) is 4. The highest BCUT2D eigenvalue weighted by Gasteiger charge is 2.29. The second-order valence-corrected chi connectivity index (χ2v) is 4.27. The van der Waals surface area contributed by atoms with Crippen LogP contribution in [0.4, 0.5) is 0 Å². The third-order valence-electron chi connectivity index (χ3n) is 2.76. The minimum Gasteiger partial charge on any atom is -0.462 e. The molecular weight excluding hydrogens is 220 g/mol. The molecule has 0 amide bonds. The van der Waals surface area contributed by atoms with Crippen LogP contribution in [0, 0.1) is 5.92 Å². The lowest BCUT2D eigenvalue weighted by atomic mass is 10.1. The van der Waals surface area contributed by atoms with E-state index in [0.29, 0.717) is 6.42 Å². The molecule has 0 aliphatic heterocycles. The van der Waals surface area contributed by atoms with E-state index >= 15 is 0 Å². The first-order valence-electron chi connectivity index (χ1n) is 6.37. The molecule has 0 rings (SSSR count). The van der Waals surface area contributed by atoms with Gasteiger partial charge in [0.15, 0.2) is 5.92 Å². The Morgan fingerprint density at radius 2 is 1.18 bits per heavy atom. The number of carbonyl (C=O) groups is 2. The summed E-state index contributed by atoms with van der Waals surface area (Å²) in [5, 5.41) is 0. The molecule has 0 aromatic carbocycles. The van der Waals surface area contributed by atoms with E-state index in [4.69, 9.17) is 9.47 Å². The first-order chi connectivity index (χ1) is 7.96. The van der Waals surface area contributed by atoms with Crippen LogP contribution in [0.15, 0.2) is 0 Å². The lowest BCUT2D eigenvalue weighted by Gasteiger charge is -2.18. The maximum atomic E-state index is 11.7. The Morgan fingerprint density at radius 1 is 0.824 bits per heavy atom. The van der Waals surface area contributed by atoms with Gasteiger partial charge in [-0.2, -0.15) is 0 Å². The molecule has 0 spiro atoms. The van der Waals surface area contributed by atoms with E-state index in [9.17, 15) is 9.59 Å². The SMILES string of the molecule is CCC(C)OC(=O)C(CC)C(=O)OC(C)CC. The molecule has 0 aliphatic carbocycles. The maximum Gasteiger partial charge on any atom is 0.320 e. The van der Waals surface area contributed by atoms with Crippen LogP contribution in [0.2, 0.25) is 0 Å². The predicted molar refractivity (Wildman–Crippen MR) is 65.5 cm³/mol. The Morgan fingerprint density at radius 3 is 1.41 bits per heavy atom. The summed E-state index contributed by atoms with van der Waals surface area (Å²) in [5.74, 6) is -1.75. The van der Waals surface area contributed by atoms with Crippen molar-refractivity contribution < 1.29 is 19.1 Å². The Hall–Kier alpha value is -1.06. The second kappa shape index (κ2) is 8.09. The van der Waals surface area contributed by atoms with Crippen LogP contribution in [-0.2, 0) is 19.1 Å². The summed E-state index contributed by atoms with van der Waals surface area (Å²) in [5.41, 5.74) is 0. The number of rotatable bonds is 7. The van der Waals surface area contributed by atoms with Crippen molar-refractivity contribution in [2.75, 3.05) is 0 Å². The number of esters is 2. The average Bonchev–Trinajstić information content (AvgIpc) is 2.29. The summed E-state index contributed by atoms with van der Waals surface area (Å²) >= 11 is 0. The van der Waals surface area contributed by atoms with Gasteiger partial charge < -0.3 is 9.47 Å². The summed E-state index contributed by atoms with van der Waals surface area (Å²) in [6.07, 6.45) is 1.57. The number of carbonyl (C=O) groups excluding carboxylic acids is 2. The Bertz CT molecular complexity index is 226. The lowest BCUT2D eigenvalue weighted by Crippen LogP contribution is -2.31. The first-order valence-corrected chi connectivity index (χ1v) is 6.37. The molecule has 0 radical (unpaired) electrons. The molecule has 0 aliphatic rings. The topological polar surface area (TPSA) is 52.6 Å². The van der Waals surface area contributed by atoms with Gasteiger partial charge in [0.2, 0.25) is 0 Å². The molecule has 2 unspecified atom stereocenters. The van der Waals surface area contributed by atoms with Gasteiger partial charge in [-0.25, -0.2) is 0 Å². The molecule has 2 atom stereocenters. The molecule has 100 valence electrons. The zero-order chi connectivity index (χ0) is 13.4. The molecule has 0 N–H and O–H groups in total. The quantitative estimate of drug-likeness (QED) is 0.510. The van der Waals surface area contributed by atoms with Crippen molar-refractivity contribution in [3.05, 3.63) is 0 Å². The van der Waals surface area contributed by atoms with E-state index in [-0.39, 0.29) is 12.2 Å². The van der Waals surface area contributed by atoms with E-state index in [1.54, 1.807) is 6.92 Å². The molecular formula is C13H24O4. The number of ether oxygens (including phenoxy) is 2.